The lowest BCUT2D eigenvalue weighted by Crippen LogP contribution is -1.96. The number of nitrogens with one attached hydrogen (secondary N) is 1. The molecule has 0 aliphatic heterocycles. The number of rotatable bonds is 4. The minimum atomic E-state index is -0.0960. The summed E-state index contributed by atoms with van der Waals surface area (Å²) < 4.78 is 0.902. The standard InChI is InChI=1S/C14H10BrClN2O/c15-11-3-6-14(18-9-11)17-8-7-13(19)10-1-4-12(16)5-2-10/h1-9H,(H,17,18)/b8-7-. The van der Waals surface area contributed by atoms with Gasteiger partial charge >= 0.3 is 0 Å². The molecule has 0 spiro atoms. The Balaban J connectivity index is 1.97. The van der Waals surface area contributed by atoms with Gasteiger partial charge in [-0.25, -0.2) is 4.98 Å². The summed E-state index contributed by atoms with van der Waals surface area (Å²) in [6.07, 6.45) is 4.69. The third-order valence-corrected chi connectivity index (χ3v) is 3.04. The van der Waals surface area contributed by atoms with Crippen LogP contribution in [-0.2, 0) is 0 Å². The lowest BCUT2D eigenvalue weighted by atomic mass is 10.1. The molecule has 1 aromatic heterocycles. The van der Waals surface area contributed by atoms with Crippen molar-refractivity contribution in [3.8, 4) is 0 Å². The highest BCUT2D eigenvalue weighted by Crippen LogP contribution is 2.11. The Morgan fingerprint density at radius 3 is 2.58 bits per heavy atom. The molecular weight excluding hydrogens is 328 g/mol. The van der Waals surface area contributed by atoms with Crippen LogP contribution in [0.4, 0.5) is 5.82 Å². The third-order valence-electron chi connectivity index (χ3n) is 2.32. The van der Waals surface area contributed by atoms with Crippen molar-refractivity contribution >= 4 is 39.1 Å². The molecule has 0 unspecified atom stereocenters. The van der Waals surface area contributed by atoms with Gasteiger partial charge in [0, 0.05) is 33.5 Å². The van der Waals surface area contributed by atoms with Crippen molar-refractivity contribution < 1.29 is 4.79 Å². The van der Waals surface area contributed by atoms with E-state index in [-0.39, 0.29) is 5.78 Å². The first kappa shape index (κ1) is 13.8. The second-order valence-corrected chi connectivity index (χ2v) is 5.06. The van der Waals surface area contributed by atoms with Gasteiger partial charge in [0.1, 0.15) is 5.82 Å². The molecule has 96 valence electrons. The summed E-state index contributed by atoms with van der Waals surface area (Å²) in [4.78, 5) is 15.9. The van der Waals surface area contributed by atoms with Crippen LogP contribution in [0.3, 0.4) is 0 Å². The molecule has 1 aromatic carbocycles. The first-order valence-corrected chi connectivity index (χ1v) is 6.67. The number of pyridine rings is 1. The zero-order valence-electron chi connectivity index (χ0n) is 9.81. The van der Waals surface area contributed by atoms with Crippen molar-refractivity contribution in [2.45, 2.75) is 0 Å². The van der Waals surface area contributed by atoms with E-state index in [0.29, 0.717) is 16.4 Å². The zero-order valence-corrected chi connectivity index (χ0v) is 12.1. The smallest absolute Gasteiger partial charge is 0.187 e. The van der Waals surface area contributed by atoms with Crippen LogP contribution in [0.25, 0.3) is 0 Å². The summed E-state index contributed by atoms with van der Waals surface area (Å²) in [7, 11) is 0. The van der Waals surface area contributed by atoms with Crippen LogP contribution in [0.5, 0.6) is 0 Å². The van der Waals surface area contributed by atoms with Gasteiger partial charge in [0.25, 0.3) is 0 Å². The van der Waals surface area contributed by atoms with Crippen molar-refractivity contribution in [2.75, 3.05) is 5.32 Å². The molecule has 0 radical (unpaired) electrons. The summed E-state index contributed by atoms with van der Waals surface area (Å²) in [5.41, 5.74) is 0.589. The zero-order chi connectivity index (χ0) is 13.7. The summed E-state index contributed by atoms with van der Waals surface area (Å²) in [5.74, 6) is 0.574. The van der Waals surface area contributed by atoms with Gasteiger partial charge < -0.3 is 5.32 Å². The van der Waals surface area contributed by atoms with E-state index in [2.05, 4.69) is 26.2 Å². The number of anilines is 1. The van der Waals surface area contributed by atoms with Crippen molar-refractivity contribution in [1.82, 2.24) is 4.98 Å². The van der Waals surface area contributed by atoms with E-state index in [9.17, 15) is 4.79 Å². The van der Waals surface area contributed by atoms with E-state index in [4.69, 9.17) is 11.6 Å². The van der Waals surface area contributed by atoms with E-state index >= 15 is 0 Å². The maximum atomic E-state index is 11.8. The minimum Gasteiger partial charge on any atom is -0.347 e. The summed E-state index contributed by atoms with van der Waals surface area (Å²) in [6, 6.07) is 10.4. The molecule has 0 amide bonds. The highest BCUT2D eigenvalue weighted by atomic mass is 79.9. The number of nitrogens with zero attached hydrogens (tertiary/aromatic N) is 1. The van der Waals surface area contributed by atoms with E-state index in [0.717, 1.165) is 4.47 Å². The van der Waals surface area contributed by atoms with Crippen LogP contribution in [0.2, 0.25) is 5.02 Å². The van der Waals surface area contributed by atoms with E-state index in [1.54, 1.807) is 42.7 Å². The maximum absolute atomic E-state index is 11.8. The number of allylic oxidation sites excluding steroid dienone is 1. The number of hydrogen-bond donors (Lipinski definition) is 1. The minimum absolute atomic E-state index is 0.0960. The Hall–Kier alpha value is -1.65. The average molecular weight is 338 g/mol. The predicted octanol–water partition coefficient (Wildman–Crippen LogP) is 4.31. The van der Waals surface area contributed by atoms with Gasteiger partial charge in [-0.1, -0.05) is 11.6 Å². The van der Waals surface area contributed by atoms with Crippen LogP contribution >= 0.6 is 27.5 Å². The fourth-order valence-corrected chi connectivity index (χ4v) is 1.73. The SMILES string of the molecule is O=C(/C=C\Nc1ccc(Br)cn1)c1ccc(Cl)cc1. The molecule has 0 aliphatic carbocycles. The summed E-state index contributed by atoms with van der Waals surface area (Å²) >= 11 is 9.06. The Kier molecular flexibility index (Phi) is 4.71. The maximum Gasteiger partial charge on any atom is 0.187 e. The molecule has 2 rings (SSSR count). The molecule has 3 nitrogen and oxygen atoms in total. The number of carbonyl (C=O) groups excluding carboxylic acids is 1. The van der Waals surface area contributed by atoms with E-state index in [1.165, 1.54) is 6.08 Å². The monoisotopic (exact) mass is 336 g/mol. The summed E-state index contributed by atoms with van der Waals surface area (Å²) in [5, 5.41) is 3.53. The average Bonchev–Trinajstić information content (AvgIpc) is 2.41. The first-order chi connectivity index (χ1) is 9.15. The van der Waals surface area contributed by atoms with Gasteiger partial charge in [-0.2, -0.15) is 0 Å². The Labute approximate surface area is 124 Å². The molecule has 0 fully saturated rings. The highest BCUT2D eigenvalue weighted by Gasteiger charge is 2.00. The third kappa shape index (κ3) is 4.19. The second kappa shape index (κ2) is 6.50. The number of hydrogen-bond acceptors (Lipinski definition) is 3. The molecule has 0 aliphatic rings. The van der Waals surface area contributed by atoms with E-state index < -0.39 is 0 Å². The van der Waals surface area contributed by atoms with Gasteiger partial charge in [0.2, 0.25) is 0 Å². The number of carbonyl (C=O) groups is 1. The van der Waals surface area contributed by atoms with Crippen molar-refractivity contribution in [1.29, 1.82) is 0 Å². The predicted molar refractivity (Wildman–Crippen MR) is 80.5 cm³/mol. The van der Waals surface area contributed by atoms with Crippen molar-refractivity contribution in [2.24, 2.45) is 0 Å². The quantitative estimate of drug-likeness (QED) is 0.668. The van der Waals surface area contributed by atoms with Crippen LogP contribution in [0.1, 0.15) is 10.4 Å². The molecule has 5 heteroatoms. The molecule has 0 atom stereocenters. The molecule has 2 aromatic rings. The van der Waals surface area contributed by atoms with Gasteiger partial charge in [-0.3, -0.25) is 4.79 Å². The highest BCUT2D eigenvalue weighted by molar-refractivity contribution is 9.10. The van der Waals surface area contributed by atoms with Crippen LogP contribution in [0.15, 0.2) is 59.3 Å². The number of halogens is 2. The first-order valence-electron chi connectivity index (χ1n) is 5.50. The topological polar surface area (TPSA) is 42.0 Å². The van der Waals surface area contributed by atoms with Crippen LogP contribution < -0.4 is 5.32 Å². The largest absolute Gasteiger partial charge is 0.347 e. The lowest BCUT2D eigenvalue weighted by molar-refractivity contribution is 0.104. The number of benzene rings is 1. The molecule has 1 heterocycles. The Morgan fingerprint density at radius 2 is 1.95 bits per heavy atom. The van der Waals surface area contributed by atoms with Crippen LogP contribution in [0, 0.1) is 0 Å². The molecule has 0 saturated heterocycles. The molecule has 1 N–H and O–H groups in total. The number of ketones is 1. The molecule has 19 heavy (non-hydrogen) atoms. The summed E-state index contributed by atoms with van der Waals surface area (Å²) in [6.45, 7) is 0. The van der Waals surface area contributed by atoms with E-state index in [1.807, 2.05) is 6.07 Å². The Morgan fingerprint density at radius 1 is 1.21 bits per heavy atom. The Bertz CT molecular complexity index is 594. The lowest BCUT2D eigenvalue weighted by Gasteiger charge is -1.99. The van der Waals surface area contributed by atoms with Gasteiger partial charge in [-0.05, 0) is 52.3 Å². The fraction of sp³-hybridized carbons (Fsp3) is 0. The molecule has 0 saturated carbocycles. The number of aromatic nitrogens is 1. The van der Waals surface area contributed by atoms with Crippen molar-refractivity contribution in [3.05, 3.63) is 69.9 Å². The van der Waals surface area contributed by atoms with Crippen LogP contribution in [-0.4, -0.2) is 10.8 Å². The molecular formula is C14H10BrClN2O. The van der Waals surface area contributed by atoms with Gasteiger partial charge in [0.05, 0.1) is 0 Å². The van der Waals surface area contributed by atoms with Crippen molar-refractivity contribution in [3.63, 3.8) is 0 Å². The fourth-order valence-electron chi connectivity index (χ4n) is 1.37. The second-order valence-electron chi connectivity index (χ2n) is 3.71. The van der Waals surface area contributed by atoms with Gasteiger partial charge in [-0.15, -0.1) is 0 Å². The normalized spacial score (nSPS) is 10.6. The van der Waals surface area contributed by atoms with Gasteiger partial charge in [0.15, 0.2) is 5.78 Å². The molecule has 0 bridgehead atoms.